The number of benzene rings is 1. The van der Waals surface area contributed by atoms with Gasteiger partial charge in [0.1, 0.15) is 6.04 Å². The van der Waals surface area contributed by atoms with E-state index in [1.165, 1.54) is 18.2 Å². The van der Waals surface area contributed by atoms with Crippen molar-refractivity contribution in [1.82, 2.24) is 10.3 Å². The molecule has 2 N–H and O–H groups in total. The number of aromatic amines is 1. The van der Waals surface area contributed by atoms with Crippen molar-refractivity contribution in [1.29, 1.82) is 0 Å². The molecule has 0 fully saturated rings. The molecule has 1 aromatic heterocycles. The third kappa shape index (κ3) is 4.12. The number of nitrogens with one attached hydrogen (secondary N) is 2. The Hall–Kier alpha value is -2.63. The van der Waals surface area contributed by atoms with E-state index in [9.17, 15) is 32.9 Å². The smallest absolute Gasteiger partial charge is 0.467 e. The number of methoxy groups -OCH3 is 1. The van der Waals surface area contributed by atoms with Crippen molar-refractivity contribution in [3.05, 3.63) is 38.5 Å². The van der Waals surface area contributed by atoms with E-state index < -0.39 is 29.0 Å². The molecule has 0 bridgehead atoms. The molecule has 2 rings (SSSR count). The fourth-order valence-electron chi connectivity index (χ4n) is 2.30. The molecule has 2 aromatic rings. The lowest BCUT2D eigenvalue weighted by Crippen LogP contribution is -2.48. The number of nitrogens with zero attached hydrogens (tertiary/aromatic N) is 1. The van der Waals surface area contributed by atoms with Crippen LogP contribution < -0.4 is 5.32 Å². The number of nitro groups is 1. The van der Waals surface area contributed by atoms with Gasteiger partial charge >= 0.3 is 18.1 Å². The maximum absolute atomic E-state index is 12.5. The summed E-state index contributed by atoms with van der Waals surface area (Å²) in [6.07, 6.45) is -5.49. The Morgan fingerprint density at radius 2 is 2.08 bits per heavy atom. The summed E-state index contributed by atoms with van der Waals surface area (Å²) in [7, 11) is 0.975. The zero-order valence-electron chi connectivity index (χ0n) is 13.0. The van der Waals surface area contributed by atoms with Crippen molar-refractivity contribution in [2.24, 2.45) is 0 Å². The molecule has 1 heterocycles. The number of rotatable bonds is 5. The predicted octanol–water partition coefficient (Wildman–Crippen LogP) is 2.60. The van der Waals surface area contributed by atoms with E-state index in [1.54, 1.807) is 5.32 Å². The molecule has 0 aliphatic rings. The average molecular weight is 438 g/mol. The lowest BCUT2D eigenvalue weighted by molar-refractivity contribution is -0.384. The maximum Gasteiger partial charge on any atom is 0.471 e. The van der Waals surface area contributed by atoms with Crippen LogP contribution in [0.3, 0.4) is 0 Å². The van der Waals surface area contributed by atoms with Gasteiger partial charge in [-0.25, -0.2) is 4.79 Å². The third-order valence-corrected chi connectivity index (χ3v) is 4.18. The Kier molecular flexibility index (Phi) is 5.54. The van der Waals surface area contributed by atoms with Crippen LogP contribution in [0.25, 0.3) is 10.9 Å². The molecular weight excluding hydrogens is 427 g/mol. The number of halogens is 4. The van der Waals surface area contributed by atoms with Gasteiger partial charge in [0.05, 0.1) is 22.2 Å². The molecule has 0 radical (unpaired) electrons. The molecular formula is C14H11BrF3N3O5. The van der Waals surface area contributed by atoms with E-state index in [0.717, 1.165) is 7.11 Å². The summed E-state index contributed by atoms with van der Waals surface area (Å²) in [4.78, 5) is 35.9. The van der Waals surface area contributed by atoms with Crippen molar-refractivity contribution in [3.8, 4) is 0 Å². The van der Waals surface area contributed by atoms with Crippen molar-refractivity contribution >= 4 is 44.4 Å². The van der Waals surface area contributed by atoms with Gasteiger partial charge in [-0.3, -0.25) is 14.9 Å². The summed E-state index contributed by atoms with van der Waals surface area (Å²) in [6, 6.07) is 2.25. The average Bonchev–Trinajstić information content (AvgIpc) is 2.87. The monoisotopic (exact) mass is 437 g/mol. The number of carbonyl (C=O) groups is 2. The standard InChI is InChI=1S/C14H11BrF3N3O5/c1-26-12(22)10(20-13(23)14(16,17)18)5-8-7-3-2-6(21(24)25)4-9(7)19-11(8)15/h2-4,10,19H,5H2,1H3,(H,20,23). The minimum absolute atomic E-state index is 0.187. The Morgan fingerprint density at radius 3 is 2.62 bits per heavy atom. The first kappa shape index (κ1) is 19.7. The lowest BCUT2D eigenvalue weighted by atomic mass is 10.0. The van der Waals surface area contributed by atoms with Crippen LogP contribution in [0.5, 0.6) is 0 Å². The quantitative estimate of drug-likeness (QED) is 0.423. The Balaban J connectivity index is 2.38. The lowest BCUT2D eigenvalue weighted by Gasteiger charge is -2.17. The molecule has 26 heavy (non-hydrogen) atoms. The predicted molar refractivity (Wildman–Crippen MR) is 86.4 cm³/mol. The number of H-pyrrole nitrogens is 1. The third-order valence-electron chi connectivity index (χ3n) is 3.51. The SMILES string of the molecule is COC(=O)C(Cc1c(Br)[nH]c2cc([N+](=O)[O-])ccc12)NC(=O)C(F)(F)F. The van der Waals surface area contributed by atoms with Crippen LogP contribution in [0.15, 0.2) is 22.8 Å². The first-order valence-electron chi connectivity index (χ1n) is 6.94. The molecule has 0 aliphatic heterocycles. The molecule has 0 aliphatic carbocycles. The summed E-state index contributed by atoms with van der Waals surface area (Å²) < 4.78 is 42.1. The molecule has 12 heteroatoms. The number of alkyl halides is 3. The zero-order valence-corrected chi connectivity index (χ0v) is 14.6. The second-order valence-electron chi connectivity index (χ2n) is 5.16. The highest BCUT2D eigenvalue weighted by molar-refractivity contribution is 9.10. The molecule has 1 atom stereocenters. The van der Waals surface area contributed by atoms with Gasteiger partial charge in [0.15, 0.2) is 0 Å². The van der Waals surface area contributed by atoms with E-state index in [4.69, 9.17) is 0 Å². The van der Waals surface area contributed by atoms with Gasteiger partial charge in [0.25, 0.3) is 5.69 Å². The summed E-state index contributed by atoms with van der Waals surface area (Å²) in [5.41, 5.74) is 0.507. The van der Waals surface area contributed by atoms with E-state index in [2.05, 4.69) is 25.7 Å². The topological polar surface area (TPSA) is 114 Å². The number of carbonyl (C=O) groups excluding carboxylic acids is 2. The Bertz CT molecular complexity index is 881. The number of amides is 1. The van der Waals surface area contributed by atoms with Crippen LogP contribution in [-0.2, 0) is 20.7 Å². The van der Waals surface area contributed by atoms with E-state index in [-0.39, 0.29) is 12.1 Å². The van der Waals surface area contributed by atoms with E-state index in [0.29, 0.717) is 21.1 Å². The van der Waals surface area contributed by atoms with Crippen molar-refractivity contribution in [2.45, 2.75) is 18.6 Å². The van der Waals surface area contributed by atoms with Gasteiger partial charge in [-0.15, -0.1) is 0 Å². The summed E-state index contributed by atoms with van der Waals surface area (Å²) >= 11 is 3.16. The van der Waals surface area contributed by atoms with Crippen LogP contribution in [0.2, 0.25) is 0 Å². The second kappa shape index (κ2) is 7.32. The van der Waals surface area contributed by atoms with Crippen LogP contribution in [-0.4, -0.2) is 41.1 Å². The van der Waals surface area contributed by atoms with Gasteiger partial charge < -0.3 is 15.0 Å². The van der Waals surface area contributed by atoms with Crippen LogP contribution in [0.1, 0.15) is 5.56 Å². The first-order chi connectivity index (χ1) is 12.0. The fraction of sp³-hybridized carbons (Fsp3) is 0.286. The van der Waals surface area contributed by atoms with Gasteiger partial charge in [0, 0.05) is 23.9 Å². The zero-order chi connectivity index (χ0) is 19.6. The fourth-order valence-corrected chi connectivity index (χ4v) is 2.89. The molecule has 0 saturated heterocycles. The number of nitro benzene ring substituents is 1. The Labute approximate surface area is 152 Å². The summed E-state index contributed by atoms with van der Waals surface area (Å²) in [6.45, 7) is 0. The van der Waals surface area contributed by atoms with Crippen molar-refractivity contribution < 1.29 is 32.4 Å². The van der Waals surface area contributed by atoms with Gasteiger partial charge in [-0.05, 0) is 27.6 Å². The van der Waals surface area contributed by atoms with Gasteiger partial charge in [-0.2, -0.15) is 13.2 Å². The number of aromatic nitrogens is 1. The molecule has 1 aromatic carbocycles. The molecule has 140 valence electrons. The number of esters is 1. The van der Waals surface area contributed by atoms with Crippen LogP contribution in [0, 0.1) is 10.1 Å². The van der Waals surface area contributed by atoms with Crippen molar-refractivity contribution in [3.63, 3.8) is 0 Å². The first-order valence-corrected chi connectivity index (χ1v) is 7.74. The van der Waals surface area contributed by atoms with Gasteiger partial charge in [-0.1, -0.05) is 0 Å². The molecule has 0 spiro atoms. The highest BCUT2D eigenvalue weighted by Crippen LogP contribution is 2.30. The Morgan fingerprint density at radius 1 is 1.42 bits per heavy atom. The number of hydrogen-bond acceptors (Lipinski definition) is 5. The second-order valence-corrected chi connectivity index (χ2v) is 5.95. The molecule has 1 unspecified atom stereocenters. The number of hydrogen-bond donors (Lipinski definition) is 2. The highest BCUT2D eigenvalue weighted by Gasteiger charge is 2.41. The highest BCUT2D eigenvalue weighted by atomic mass is 79.9. The molecule has 0 saturated carbocycles. The van der Waals surface area contributed by atoms with E-state index >= 15 is 0 Å². The van der Waals surface area contributed by atoms with E-state index in [1.807, 2.05) is 0 Å². The minimum atomic E-state index is -5.16. The summed E-state index contributed by atoms with van der Waals surface area (Å²) in [5.74, 6) is -3.34. The number of non-ortho nitro benzene ring substituents is 1. The molecule has 8 nitrogen and oxygen atoms in total. The van der Waals surface area contributed by atoms with Crippen LogP contribution >= 0.6 is 15.9 Å². The molecule has 1 amide bonds. The summed E-state index contributed by atoms with van der Waals surface area (Å²) in [5, 5.41) is 12.9. The largest absolute Gasteiger partial charge is 0.471 e. The van der Waals surface area contributed by atoms with Crippen molar-refractivity contribution in [2.75, 3.05) is 7.11 Å². The number of ether oxygens (including phenoxy) is 1. The van der Waals surface area contributed by atoms with Crippen LogP contribution in [0.4, 0.5) is 18.9 Å². The minimum Gasteiger partial charge on any atom is -0.467 e. The normalized spacial score (nSPS) is 12.7. The number of fused-ring (bicyclic) bond motifs is 1. The van der Waals surface area contributed by atoms with Gasteiger partial charge in [0.2, 0.25) is 0 Å². The maximum atomic E-state index is 12.5.